The van der Waals surface area contributed by atoms with E-state index in [2.05, 4.69) is 56.4 Å². The minimum absolute atomic E-state index is 0.227. The lowest BCUT2D eigenvalue weighted by Crippen LogP contribution is -2.35. The molecule has 3 rings (SSSR count). The van der Waals surface area contributed by atoms with E-state index in [1.165, 1.54) is 40.4 Å². The summed E-state index contributed by atoms with van der Waals surface area (Å²) in [6.45, 7) is 6.74. The van der Waals surface area contributed by atoms with Gasteiger partial charge in [0.05, 0.1) is 0 Å². The van der Waals surface area contributed by atoms with Crippen LogP contribution >= 0.6 is 0 Å². The van der Waals surface area contributed by atoms with E-state index in [0.29, 0.717) is 0 Å². The maximum Gasteiger partial charge on any atom is 0.0383 e. The fourth-order valence-electron chi connectivity index (χ4n) is 2.83. The molecule has 0 fully saturated rings. The van der Waals surface area contributed by atoms with Crippen molar-refractivity contribution in [2.75, 3.05) is 5.32 Å². The number of fused-ring (bicyclic) bond motifs is 3. The highest BCUT2D eigenvalue weighted by molar-refractivity contribution is 5.92. The maximum absolute atomic E-state index is 3.65. The van der Waals surface area contributed by atoms with Crippen LogP contribution in [0.3, 0.4) is 0 Å². The summed E-state index contributed by atoms with van der Waals surface area (Å²) in [6.07, 6.45) is 2.38. The van der Waals surface area contributed by atoms with Gasteiger partial charge in [0.25, 0.3) is 0 Å². The van der Waals surface area contributed by atoms with Crippen LogP contribution in [0, 0.1) is 6.92 Å². The van der Waals surface area contributed by atoms with Crippen molar-refractivity contribution in [1.29, 1.82) is 0 Å². The van der Waals surface area contributed by atoms with Crippen LogP contribution in [0.4, 0.5) is 5.69 Å². The van der Waals surface area contributed by atoms with E-state index in [9.17, 15) is 0 Å². The van der Waals surface area contributed by atoms with E-state index in [4.69, 9.17) is 0 Å². The maximum atomic E-state index is 3.65. The van der Waals surface area contributed by atoms with Gasteiger partial charge >= 0.3 is 0 Å². The minimum atomic E-state index is 0.227. The van der Waals surface area contributed by atoms with Crippen LogP contribution in [-0.2, 0) is 6.42 Å². The van der Waals surface area contributed by atoms with Crippen molar-refractivity contribution >= 4 is 16.5 Å². The molecular formula is C16H19N. The van der Waals surface area contributed by atoms with Crippen LogP contribution in [0.2, 0.25) is 0 Å². The average Bonchev–Trinajstić information content (AvgIpc) is 2.27. The Hall–Kier alpha value is -1.50. The summed E-state index contributed by atoms with van der Waals surface area (Å²) in [5.41, 5.74) is 4.41. The Morgan fingerprint density at radius 1 is 1.06 bits per heavy atom. The van der Waals surface area contributed by atoms with Gasteiger partial charge < -0.3 is 5.32 Å². The first kappa shape index (κ1) is 10.6. The number of aryl methyl sites for hydroxylation is 2. The van der Waals surface area contributed by atoms with Gasteiger partial charge in [-0.15, -0.1) is 0 Å². The summed E-state index contributed by atoms with van der Waals surface area (Å²) >= 11 is 0. The van der Waals surface area contributed by atoms with Crippen LogP contribution < -0.4 is 5.32 Å². The van der Waals surface area contributed by atoms with Gasteiger partial charge in [-0.05, 0) is 61.6 Å². The highest BCUT2D eigenvalue weighted by atomic mass is 15.0. The Morgan fingerprint density at radius 2 is 1.88 bits per heavy atom. The lowest BCUT2D eigenvalue weighted by Gasteiger charge is -2.34. The van der Waals surface area contributed by atoms with Crippen molar-refractivity contribution in [2.24, 2.45) is 0 Å². The summed E-state index contributed by atoms with van der Waals surface area (Å²) in [7, 11) is 0. The Kier molecular flexibility index (Phi) is 2.19. The molecule has 0 unspecified atom stereocenters. The summed E-state index contributed by atoms with van der Waals surface area (Å²) in [5, 5.41) is 6.47. The predicted molar refractivity (Wildman–Crippen MR) is 74.7 cm³/mol. The Balaban J connectivity index is 2.25. The first-order chi connectivity index (χ1) is 8.07. The van der Waals surface area contributed by atoms with Gasteiger partial charge in [-0.1, -0.05) is 24.3 Å². The quantitative estimate of drug-likeness (QED) is 0.705. The summed E-state index contributed by atoms with van der Waals surface area (Å²) in [6, 6.07) is 11.1. The van der Waals surface area contributed by atoms with Crippen molar-refractivity contribution in [3.05, 3.63) is 41.5 Å². The molecule has 88 valence electrons. The predicted octanol–water partition coefficient (Wildman–Crippen LogP) is 4.28. The van der Waals surface area contributed by atoms with E-state index in [1.54, 1.807) is 0 Å². The molecule has 2 aromatic rings. The number of hydrogen-bond donors (Lipinski definition) is 1. The van der Waals surface area contributed by atoms with E-state index >= 15 is 0 Å². The highest BCUT2D eigenvalue weighted by Crippen LogP contribution is 2.36. The standard InChI is InChI=1S/C16H19N/c1-11-5-4-6-13-12(11)7-8-15-14(13)9-10-16(2,3)17-15/h4-8,17H,9-10H2,1-3H3. The highest BCUT2D eigenvalue weighted by Gasteiger charge is 2.25. The zero-order valence-corrected chi connectivity index (χ0v) is 10.8. The van der Waals surface area contributed by atoms with Gasteiger partial charge in [0.15, 0.2) is 0 Å². The molecule has 0 amide bonds. The molecule has 0 spiro atoms. The first-order valence-corrected chi connectivity index (χ1v) is 6.36. The number of nitrogens with one attached hydrogen (secondary N) is 1. The number of benzene rings is 2. The van der Waals surface area contributed by atoms with Crippen LogP contribution in [-0.4, -0.2) is 5.54 Å². The third-order valence-electron chi connectivity index (χ3n) is 3.86. The minimum Gasteiger partial charge on any atom is -0.380 e. The molecule has 1 aliphatic heterocycles. The Bertz CT molecular complexity index is 581. The van der Waals surface area contributed by atoms with Crippen molar-refractivity contribution in [1.82, 2.24) is 0 Å². The van der Waals surface area contributed by atoms with Gasteiger partial charge in [0.2, 0.25) is 0 Å². The molecule has 0 saturated carbocycles. The molecule has 1 heterocycles. The van der Waals surface area contributed by atoms with Gasteiger partial charge in [0.1, 0.15) is 0 Å². The molecule has 0 aromatic heterocycles. The Morgan fingerprint density at radius 3 is 2.71 bits per heavy atom. The molecule has 1 N–H and O–H groups in total. The number of anilines is 1. The van der Waals surface area contributed by atoms with E-state index < -0.39 is 0 Å². The lowest BCUT2D eigenvalue weighted by atomic mass is 9.86. The lowest BCUT2D eigenvalue weighted by molar-refractivity contribution is 0.504. The largest absolute Gasteiger partial charge is 0.380 e. The van der Waals surface area contributed by atoms with E-state index in [0.717, 1.165) is 0 Å². The van der Waals surface area contributed by atoms with Crippen molar-refractivity contribution < 1.29 is 0 Å². The van der Waals surface area contributed by atoms with E-state index in [1.807, 2.05) is 0 Å². The number of hydrogen-bond acceptors (Lipinski definition) is 1. The third kappa shape index (κ3) is 1.70. The molecule has 0 bridgehead atoms. The first-order valence-electron chi connectivity index (χ1n) is 6.36. The zero-order chi connectivity index (χ0) is 12.0. The average molecular weight is 225 g/mol. The normalized spacial score (nSPS) is 17.6. The van der Waals surface area contributed by atoms with Crippen molar-refractivity contribution in [2.45, 2.75) is 39.2 Å². The molecule has 0 atom stereocenters. The monoisotopic (exact) mass is 225 g/mol. The van der Waals surface area contributed by atoms with E-state index in [-0.39, 0.29) is 5.54 Å². The zero-order valence-electron chi connectivity index (χ0n) is 10.8. The fraction of sp³-hybridized carbons (Fsp3) is 0.375. The molecule has 1 aliphatic rings. The topological polar surface area (TPSA) is 12.0 Å². The summed E-state index contributed by atoms with van der Waals surface area (Å²) in [4.78, 5) is 0. The van der Waals surface area contributed by atoms with Gasteiger partial charge in [-0.3, -0.25) is 0 Å². The van der Waals surface area contributed by atoms with Crippen LogP contribution in [0.1, 0.15) is 31.4 Å². The molecule has 1 heteroatoms. The molecule has 17 heavy (non-hydrogen) atoms. The molecule has 2 aromatic carbocycles. The molecule has 0 saturated heterocycles. The summed E-state index contributed by atoms with van der Waals surface area (Å²) < 4.78 is 0. The van der Waals surface area contributed by atoms with Crippen LogP contribution in [0.5, 0.6) is 0 Å². The van der Waals surface area contributed by atoms with Gasteiger partial charge in [0, 0.05) is 11.2 Å². The van der Waals surface area contributed by atoms with Gasteiger partial charge in [-0.2, -0.15) is 0 Å². The number of rotatable bonds is 0. The van der Waals surface area contributed by atoms with Crippen LogP contribution in [0.25, 0.3) is 10.8 Å². The van der Waals surface area contributed by atoms with Gasteiger partial charge in [-0.25, -0.2) is 0 Å². The second kappa shape index (κ2) is 3.49. The summed E-state index contributed by atoms with van der Waals surface area (Å²) in [5.74, 6) is 0. The second-order valence-electron chi connectivity index (χ2n) is 5.77. The molecule has 0 radical (unpaired) electrons. The fourth-order valence-corrected chi connectivity index (χ4v) is 2.83. The Labute approximate surface area is 103 Å². The molecule has 1 nitrogen and oxygen atoms in total. The third-order valence-corrected chi connectivity index (χ3v) is 3.86. The smallest absolute Gasteiger partial charge is 0.0383 e. The van der Waals surface area contributed by atoms with Crippen LogP contribution in [0.15, 0.2) is 30.3 Å². The SMILES string of the molecule is Cc1cccc2c3c(ccc12)NC(C)(C)CC3. The van der Waals surface area contributed by atoms with Crippen molar-refractivity contribution in [3.8, 4) is 0 Å². The molecular weight excluding hydrogens is 206 g/mol. The van der Waals surface area contributed by atoms with Crippen molar-refractivity contribution in [3.63, 3.8) is 0 Å². The molecule has 0 aliphatic carbocycles. The second-order valence-corrected chi connectivity index (χ2v) is 5.77.